The van der Waals surface area contributed by atoms with Gasteiger partial charge >= 0.3 is 0 Å². The number of carbonyl (C=O) groups is 2. The van der Waals surface area contributed by atoms with Crippen LogP contribution in [-0.2, 0) is 9.59 Å². The molecule has 0 saturated carbocycles. The van der Waals surface area contributed by atoms with Crippen molar-refractivity contribution in [2.75, 3.05) is 16.8 Å². The SMILES string of the molecule is C[C@@H]1Oc2ccccc2N(CC(=O)Nc2ccc(-c3ccccc3)nn2)C1=O. The minimum absolute atomic E-state index is 0.133. The van der Waals surface area contributed by atoms with Gasteiger partial charge in [0.05, 0.1) is 11.4 Å². The Morgan fingerprint density at radius 1 is 1.04 bits per heavy atom. The fourth-order valence-corrected chi connectivity index (χ4v) is 3.01. The van der Waals surface area contributed by atoms with Gasteiger partial charge in [0, 0.05) is 5.56 Å². The van der Waals surface area contributed by atoms with Crippen LogP contribution in [0.5, 0.6) is 5.75 Å². The van der Waals surface area contributed by atoms with Crippen molar-refractivity contribution in [3.05, 3.63) is 66.7 Å². The van der Waals surface area contributed by atoms with Crippen molar-refractivity contribution in [2.24, 2.45) is 0 Å². The van der Waals surface area contributed by atoms with Crippen LogP contribution in [0, 0.1) is 0 Å². The second kappa shape index (κ2) is 7.48. The van der Waals surface area contributed by atoms with E-state index in [0.29, 0.717) is 22.9 Å². The number of hydrogen-bond donors (Lipinski definition) is 1. The van der Waals surface area contributed by atoms with Crippen LogP contribution in [0.1, 0.15) is 6.92 Å². The van der Waals surface area contributed by atoms with E-state index in [1.54, 1.807) is 37.3 Å². The molecule has 1 atom stereocenters. The summed E-state index contributed by atoms with van der Waals surface area (Å²) in [7, 11) is 0. The molecule has 0 unspecified atom stereocenters. The molecule has 3 aromatic rings. The number of aromatic nitrogens is 2. The summed E-state index contributed by atoms with van der Waals surface area (Å²) < 4.78 is 5.58. The maximum Gasteiger partial charge on any atom is 0.268 e. The Labute approximate surface area is 162 Å². The molecule has 1 aliphatic rings. The second-order valence-corrected chi connectivity index (χ2v) is 6.37. The van der Waals surface area contributed by atoms with E-state index in [4.69, 9.17) is 4.74 Å². The fourth-order valence-electron chi connectivity index (χ4n) is 3.01. The first-order chi connectivity index (χ1) is 13.6. The predicted octanol–water partition coefficient (Wildman–Crippen LogP) is 2.90. The minimum atomic E-state index is -0.646. The summed E-state index contributed by atoms with van der Waals surface area (Å²) in [6.45, 7) is 1.53. The van der Waals surface area contributed by atoms with Crippen LogP contribution in [0.4, 0.5) is 11.5 Å². The maximum absolute atomic E-state index is 12.5. The second-order valence-electron chi connectivity index (χ2n) is 6.37. The van der Waals surface area contributed by atoms with Crippen molar-refractivity contribution in [1.29, 1.82) is 0 Å². The smallest absolute Gasteiger partial charge is 0.268 e. The quantitative estimate of drug-likeness (QED) is 0.759. The molecule has 7 heteroatoms. The van der Waals surface area contributed by atoms with Crippen molar-refractivity contribution < 1.29 is 14.3 Å². The highest BCUT2D eigenvalue weighted by molar-refractivity contribution is 6.05. The Hall–Kier alpha value is -3.74. The van der Waals surface area contributed by atoms with Crippen LogP contribution in [0.2, 0.25) is 0 Å². The van der Waals surface area contributed by atoms with Gasteiger partial charge in [-0.3, -0.25) is 14.5 Å². The lowest BCUT2D eigenvalue weighted by Crippen LogP contribution is -2.47. The summed E-state index contributed by atoms with van der Waals surface area (Å²) in [5.74, 6) is 0.277. The van der Waals surface area contributed by atoms with Gasteiger partial charge in [0.1, 0.15) is 12.3 Å². The number of hydrogen-bond acceptors (Lipinski definition) is 5. The Bertz CT molecular complexity index is 1010. The van der Waals surface area contributed by atoms with Gasteiger partial charge in [-0.15, -0.1) is 10.2 Å². The number of nitrogens with zero attached hydrogens (tertiary/aromatic N) is 3. The van der Waals surface area contributed by atoms with Gasteiger partial charge in [0.15, 0.2) is 11.9 Å². The van der Waals surface area contributed by atoms with Gasteiger partial charge in [0.2, 0.25) is 5.91 Å². The molecular formula is C21H18N4O3. The molecule has 1 N–H and O–H groups in total. The number of benzene rings is 2. The lowest BCUT2D eigenvalue weighted by molar-refractivity contribution is -0.127. The third kappa shape index (κ3) is 3.55. The molecule has 4 rings (SSSR count). The van der Waals surface area contributed by atoms with Crippen molar-refractivity contribution in [2.45, 2.75) is 13.0 Å². The molecule has 0 saturated heterocycles. The van der Waals surface area contributed by atoms with Crippen molar-refractivity contribution >= 4 is 23.3 Å². The summed E-state index contributed by atoms with van der Waals surface area (Å²) >= 11 is 0. The Morgan fingerprint density at radius 3 is 2.54 bits per heavy atom. The first kappa shape index (κ1) is 17.7. The predicted molar refractivity (Wildman–Crippen MR) is 105 cm³/mol. The monoisotopic (exact) mass is 374 g/mol. The molecule has 0 fully saturated rings. The van der Waals surface area contributed by atoms with Crippen LogP contribution in [0.15, 0.2) is 66.7 Å². The molecular weight excluding hydrogens is 356 g/mol. The van der Waals surface area contributed by atoms with Crippen LogP contribution in [-0.4, -0.2) is 34.7 Å². The number of ether oxygens (including phenoxy) is 1. The third-order valence-electron chi connectivity index (χ3n) is 4.38. The van der Waals surface area contributed by atoms with E-state index in [2.05, 4.69) is 15.5 Å². The third-order valence-corrected chi connectivity index (χ3v) is 4.38. The molecule has 0 spiro atoms. The van der Waals surface area contributed by atoms with E-state index in [1.807, 2.05) is 36.4 Å². The van der Waals surface area contributed by atoms with E-state index < -0.39 is 6.10 Å². The van der Waals surface area contributed by atoms with Gasteiger partial charge in [-0.25, -0.2) is 0 Å². The van der Waals surface area contributed by atoms with Gasteiger partial charge in [-0.1, -0.05) is 42.5 Å². The zero-order valence-electron chi connectivity index (χ0n) is 15.2. The van der Waals surface area contributed by atoms with Gasteiger partial charge < -0.3 is 10.1 Å². The van der Waals surface area contributed by atoms with E-state index in [-0.39, 0.29) is 18.4 Å². The molecule has 0 aliphatic carbocycles. The van der Waals surface area contributed by atoms with Crippen LogP contribution in [0.25, 0.3) is 11.3 Å². The standard InChI is InChI=1S/C21H18N4O3/c1-14-21(27)25(17-9-5-6-10-18(17)28-14)13-20(26)22-19-12-11-16(23-24-19)15-7-3-2-4-8-15/h2-12,14H,13H2,1H3,(H,22,24,26)/t14-/m0/s1. The molecule has 1 aliphatic heterocycles. The van der Waals surface area contributed by atoms with E-state index in [9.17, 15) is 9.59 Å². The molecule has 2 heterocycles. The summed E-state index contributed by atoms with van der Waals surface area (Å²) in [5, 5.41) is 10.9. The Kier molecular flexibility index (Phi) is 4.72. The number of fused-ring (bicyclic) bond motifs is 1. The Balaban J connectivity index is 1.47. The molecule has 28 heavy (non-hydrogen) atoms. The first-order valence-electron chi connectivity index (χ1n) is 8.88. The number of amides is 2. The Morgan fingerprint density at radius 2 is 1.79 bits per heavy atom. The molecule has 140 valence electrons. The fraction of sp³-hybridized carbons (Fsp3) is 0.143. The van der Waals surface area contributed by atoms with Crippen molar-refractivity contribution in [1.82, 2.24) is 10.2 Å². The average Bonchev–Trinajstić information content (AvgIpc) is 2.72. The number of carbonyl (C=O) groups excluding carboxylic acids is 2. The lowest BCUT2D eigenvalue weighted by Gasteiger charge is -2.32. The lowest BCUT2D eigenvalue weighted by atomic mass is 10.1. The van der Waals surface area contributed by atoms with Crippen LogP contribution in [0.3, 0.4) is 0 Å². The largest absolute Gasteiger partial charge is 0.479 e. The zero-order chi connectivity index (χ0) is 19.5. The number of rotatable bonds is 4. The maximum atomic E-state index is 12.5. The molecule has 7 nitrogen and oxygen atoms in total. The number of anilines is 2. The molecule has 0 bridgehead atoms. The highest BCUT2D eigenvalue weighted by Gasteiger charge is 2.32. The van der Waals surface area contributed by atoms with E-state index in [0.717, 1.165) is 5.56 Å². The van der Waals surface area contributed by atoms with Gasteiger partial charge in [-0.05, 0) is 31.2 Å². The average molecular weight is 374 g/mol. The van der Waals surface area contributed by atoms with E-state index in [1.165, 1.54) is 4.90 Å². The minimum Gasteiger partial charge on any atom is -0.479 e. The van der Waals surface area contributed by atoms with Crippen LogP contribution < -0.4 is 15.0 Å². The van der Waals surface area contributed by atoms with Gasteiger partial charge in [0.25, 0.3) is 5.91 Å². The topological polar surface area (TPSA) is 84.4 Å². The summed E-state index contributed by atoms with van der Waals surface area (Å²) in [6.07, 6.45) is -0.646. The summed E-state index contributed by atoms with van der Waals surface area (Å²) in [5.41, 5.74) is 2.23. The van der Waals surface area contributed by atoms with Crippen molar-refractivity contribution in [3.8, 4) is 17.0 Å². The van der Waals surface area contributed by atoms with Crippen LogP contribution >= 0.6 is 0 Å². The van der Waals surface area contributed by atoms with Gasteiger partial charge in [-0.2, -0.15) is 0 Å². The molecule has 2 amide bonds. The first-order valence-corrected chi connectivity index (χ1v) is 8.88. The molecule has 0 radical (unpaired) electrons. The van der Waals surface area contributed by atoms with Crippen molar-refractivity contribution in [3.63, 3.8) is 0 Å². The summed E-state index contributed by atoms with van der Waals surface area (Å²) in [4.78, 5) is 26.4. The summed E-state index contributed by atoms with van der Waals surface area (Å²) in [6, 6.07) is 20.3. The molecule has 1 aromatic heterocycles. The highest BCUT2D eigenvalue weighted by atomic mass is 16.5. The number of nitrogens with one attached hydrogen (secondary N) is 1. The highest BCUT2D eigenvalue weighted by Crippen LogP contribution is 2.33. The zero-order valence-corrected chi connectivity index (χ0v) is 15.2. The normalized spacial score (nSPS) is 15.5. The molecule has 2 aromatic carbocycles. The number of para-hydroxylation sites is 2. The van der Waals surface area contributed by atoms with E-state index >= 15 is 0 Å².